The van der Waals surface area contributed by atoms with Gasteiger partial charge in [0, 0.05) is 13.1 Å². The second-order valence-electron chi connectivity index (χ2n) is 7.19. The van der Waals surface area contributed by atoms with E-state index in [0.717, 1.165) is 24.8 Å². The normalized spacial score (nSPS) is 14.5. The van der Waals surface area contributed by atoms with E-state index in [4.69, 9.17) is 4.74 Å². The number of amides is 1. The maximum atomic E-state index is 13.4. The van der Waals surface area contributed by atoms with Crippen molar-refractivity contribution >= 4 is 21.6 Å². The number of sulfonamides is 1. The molecule has 1 aliphatic heterocycles. The molecule has 1 saturated heterocycles. The lowest BCUT2D eigenvalue weighted by Gasteiger charge is -2.30. The number of hydrogen-bond acceptors (Lipinski definition) is 4. The molecule has 3 rings (SSSR count). The number of benzene rings is 2. The van der Waals surface area contributed by atoms with E-state index >= 15 is 0 Å². The molecule has 1 amide bonds. The second-order valence-corrected chi connectivity index (χ2v) is 9.06. The first-order valence-corrected chi connectivity index (χ1v) is 11.5. The standard InChI is InChI=1S/C22H28N2O4S/c1-3-28-20-11-13-21(14-12-20)29(26,27)24(19-9-7-18(2)8-10-19)17-22(25)23-15-5-4-6-16-23/h7-14H,3-6,15-17H2,1-2H3. The van der Waals surface area contributed by atoms with Crippen LogP contribution in [0.15, 0.2) is 53.4 Å². The van der Waals surface area contributed by atoms with Gasteiger partial charge >= 0.3 is 0 Å². The van der Waals surface area contributed by atoms with Crippen molar-refractivity contribution in [3.8, 4) is 5.75 Å². The molecule has 0 N–H and O–H groups in total. The number of aryl methyl sites for hydroxylation is 1. The van der Waals surface area contributed by atoms with E-state index in [0.29, 0.717) is 31.1 Å². The third-order valence-electron chi connectivity index (χ3n) is 5.03. The summed E-state index contributed by atoms with van der Waals surface area (Å²) in [6, 6.07) is 13.5. The van der Waals surface area contributed by atoms with Gasteiger partial charge in [-0.25, -0.2) is 8.42 Å². The number of rotatable bonds is 7. The first-order chi connectivity index (χ1) is 13.9. The highest BCUT2D eigenvalue weighted by atomic mass is 32.2. The topological polar surface area (TPSA) is 66.9 Å². The molecule has 0 atom stereocenters. The lowest BCUT2D eigenvalue weighted by Crippen LogP contribution is -2.44. The molecule has 2 aromatic rings. The third kappa shape index (κ3) is 5.09. The van der Waals surface area contributed by atoms with Gasteiger partial charge in [0.1, 0.15) is 12.3 Å². The van der Waals surface area contributed by atoms with Crippen molar-refractivity contribution in [2.24, 2.45) is 0 Å². The molecule has 0 aromatic heterocycles. The number of hydrogen-bond donors (Lipinski definition) is 0. The predicted octanol–water partition coefficient (Wildman–Crippen LogP) is 3.60. The zero-order chi connectivity index (χ0) is 20.9. The Morgan fingerprint density at radius 3 is 2.21 bits per heavy atom. The van der Waals surface area contributed by atoms with Gasteiger partial charge in [-0.15, -0.1) is 0 Å². The second kappa shape index (κ2) is 9.31. The monoisotopic (exact) mass is 416 g/mol. The fraction of sp³-hybridized carbons (Fsp3) is 0.409. The van der Waals surface area contributed by atoms with Crippen LogP contribution in [-0.2, 0) is 14.8 Å². The molecule has 1 heterocycles. The van der Waals surface area contributed by atoms with Gasteiger partial charge < -0.3 is 9.64 Å². The van der Waals surface area contributed by atoms with E-state index in [-0.39, 0.29) is 17.3 Å². The van der Waals surface area contributed by atoms with Crippen LogP contribution in [0, 0.1) is 6.92 Å². The summed E-state index contributed by atoms with van der Waals surface area (Å²) in [6.45, 7) is 5.47. The minimum Gasteiger partial charge on any atom is -0.494 e. The van der Waals surface area contributed by atoms with Gasteiger partial charge in [-0.1, -0.05) is 17.7 Å². The quantitative estimate of drug-likeness (QED) is 0.692. The highest BCUT2D eigenvalue weighted by Gasteiger charge is 2.29. The summed E-state index contributed by atoms with van der Waals surface area (Å²) in [5.74, 6) is 0.442. The van der Waals surface area contributed by atoms with Crippen LogP contribution in [0.1, 0.15) is 31.7 Å². The van der Waals surface area contributed by atoms with E-state index in [1.54, 1.807) is 29.2 Å². The molecular weight excluding hydrogens is 388 g/mol. The minimum atomic E-state index is -3.90. The van der Waals surface area contributed by atoms with Crippen molar-refractivity contribution in [3.05, 3.63) is 54.1 Å². The summed E-state index contributed by atoms with van der Waals surface area (Å²) < 4.78 is 33.5. The summed E-state index contributed by atoms with van der Waals surface area (Å²) in [7, 11) is -3.90. The number of nitrogens with zero attached hydrogens (tertiary/aromatic N) is 2. The molecular formula is C22H28N2O4S. The Hall–Kier alpha value is -2.54. The molecule has 0 spiro atoms. The largest absolute Gasteiger partial charge is 0.494 e. The van der Waals surface area contributed by atoms with Gasteiger partial charge in [0.15, 0.2) is 0 Å². The van der Waals surface area contributed by atoms with Crippen LogP contribution < -0.4 is 9.04 Å². The Morgan fingerprint density at radius 1 is 1.00 bits per heavy atom. The molecule has 156 valence electrons. The van der Waals surface area contributed by atoms with Crippen LogP contribution in [0.4, 0.5) is 5.69 Å². The Morgan fingerprint density at radius 2 is 1.62 bits per heavy atom. The van der Waals surface area contributed by atoms with Crippen LogP contribution >= 0.6 is 0 Å². The Bertz CT molecular complexity index is 918. The van der Waals surface area contributed by atoms with Gasteiger partial charge in [0.25, 0.3) is 10.0 Å². The number of piperidine rings is 1. The minimum absolute atomic E-state index is 0.132. The average Bonchev–Trinajstić information content (AvgIpc) is 2.74. The van der Waals surface area contributed by atoms with Gasteiger partial charge in [-0.3, -0.25) is 9.10 Å². The fourth-order valence-electron chi connectivity index (χ4n) is 3.39. The molecule has 0 radical (unpaired) electrons. The first kappa shape index (κ1) is 21.2. The maximum Gasteiger partial charge on any atom is 0.264 e. The zero-order valence-corrected chi connectivity index (χ0v) is 17.8. The highest BCUT2D eigenvalue weighted by Crippen LogP contribution is 2.26. The molecule has 7 heteroatoms. The zero-order valence-electron chi connectivity index (χ0n) is 17.0. The lowest BCUT2D eigenvalue weighted by atomic mass is 10.1. The molecule has 2 aromatic carbocycles. The molecule has 1 aliphatic rings. The number of likely N-dealkylation sites (tertiary alicyclic amines) is 1. The third-order valence-corrected chi connectivity index (χ3v) is 6.82. The molecule has 1 fully saturated rings. The summed E-state index contributed by atoms with van der Waals surface area (Å²) >= 11 is 0. The maximum absolute atomic E-state index is 13.4. The molecule has 0 aliphatic carbocycles. The summed E-state index contributed by atoms with van der Waals surface area (Å²) in [6.07, 6.45) is 3.03. The van der Waals surface area contributed by atoms with Crippen LogP contribution in [0.5, 0.6) is 5.75 Å². The average molecular weight is 417 g/mol. The van der Waals surface area contributed by atoms with Crippen LogP contribution in [-0.4, -0.2) is 45.5 Å². The van der Waals surface area contributed by atoms with Crippen molar-refractivity contribution in [1.29, 1.82) is 0 Å². The van der Waals surface area contributed by atoms with Crippen molar-refractivity contribution in [3.63, 3.8) is 0 Å². The number of ether oxygens (including phenoxy) is 1. The first-order valence-electron chi connectivity index (χ1n) is 10.0. The molecule has 0 bridgehead atoms. The highest BCUT2D eigenvalue weighted by molar-refractivity contribution is 7.92. The van der Waals surface area contributed by atoms with Gasteiger partial charge in [-0.2, -0.15) is 0 Å². The Kier molecular flexibility index (Phi) is 6.79. The smallest absolute Gasteiger partial charge is 0.264 e. The van der Waals surface area contributed by atoms with Crippen LogP contribution in [0.2, 0.25) is 0 Å². The van der Waals surface area contributed by atoms with Crippen molar-refractivity contribution < 1.29 is 17.9 Å². The van der Waals surface area contributed by atoms with Gasteiger partial charge in [0.05, 0.1) is 17.2 Å². The molecule has 0 saturated carbocycles. The summed E-state index contributed by atoms with van der Waals surface area (Å²) in [5.41, 5.74) is 1.50. The van der Waals surface area contributed by atoms with Crippen LogP contribution in [0.3, 0.4) is 0 Å². The van der Waals surface area contributed by atoms with Gasteiger partial charge in [0.2, 0.25) is 5.91 Å². The predicted molar refractivity (Wildman–Crippen MR) is 114 cm³/mol. The summed E-state index contributed by atoms with van der Waals surface area (Å²) in [5, 5.41) is 0. The lowest BCUT2D eigenvalue weighted by molar-refractivity contribution is -0.130. The van der Waals surface area contributed by atoms with Crippen molar-refractivity contribution in [2.75, 3.05) is 30.5 Å². The number of carbonyl (C=O) groups excluding carboxylic acids is 1. The fourth-order valence-corrected chi connectivity index (χ4v) is 4.81. The van der Waals surface area contributed by atoms with Crippen molar-refractivity contribution in [1.82, 2.24) is 4.90 Å². The van der Waals surface area contributed by atoms with E-state index in [2.05, 4.69) is 0 Å². The van der Waals surface area contributed by atoms with E-state index in [1.807, 2.05) is 26.0 Å². The van der Waals surface area contributed by atoms with Crippen LogP contribution in [0.25, 0.3) is 0 Å². The van der Waals surface area contributed by atoms with Crippen molar-refractivity contribution in [2.45, 2.75) is 38.0 Å². The van der Waals surface area contributed by atoms with E-state index in [1.165, 1.54) is 16.4 Å². The molecule has 6 nitrogen and oxygen atoms in total. The number of carbonyl (C=O) groups is 1. The van der Waals surface area contributed by atoms with E-state index < -0.39 is 10.0 Å². The van der Waals surface area contributed by atoms with E-state index in [9.17, 15) is 13.2 Å². The summed E-state index contributed by atoms with van der Waals surface area (Å²) in [4.78, 5) is 14.8. The Labute approximate surface area is 173 Å². The van der Waals surface area contributed by atoms with Gasteiger partial charge in [-0.05, 0) is 69.5 Å². The number of anilines is 1. The molecule has 29 heavy (non-hydrogen) atoms. The molecule has 0 unspecified atom stereocenters. The Balaban J connectivity index is 1.92. The SMILES string of the molecule is CCOc1ccc(S(=O)(=O)N(CC(=O)N2CCCCC2)c2ccc(C)cc2)cc1.